The third kappa shape index (κ3) is 2.69. The fraction of sp³-hybridized carbons (Fsp3) is 0.0588. The van der Waals surface area contributed by atoms with Gasteiger partial charge in [-0.15, -0.1) is 0 Å². The highest BCUT2D eigenvalue weighted by Gasteiger charge is 2.15. The molecule has 0 saturated heterocycles. The molecule has 0 spiro atoms. The Morgan fingerprint density at radius 2 is 1.37 bits per heavy atom. The van der Waals surface area contributed by atoms with Crippen LogP contribution in [0.15, 0.2) is 66.7 Å². The third-order valence-electron chi connectivity index (χ3n) is 2.93. The molecule has 0 saturated carbocycles. The summed E-state index contributed by atoms with van der Waals surface area (Å²) in [7, 11) is 0. The lowest BCUT2D eigenvalue weighted by atomic mass is 10.1. The van der Waals surface area contributed by atoms with E-state index in [2.05, 4.69) is 54.4 Å². The Kier molecular flexibility index (Phi) is 3.34. The molecular weight excluding hydrogens is 250 g/mol. The molecule has 3 aromatic rings. The van der Waals surface area contributed by atoms with E-state index in [1.54, 1.807) is 11.3 Å². The van der Waals surface area contributed by atoms with Crippen LogP contribution in [0.4, 0.5) is 0 Å². The van der Waals surface area contributed by atoms with Crippen LogP contribution in [0.1, 0.15) is 5.01 Å². The molecule has 92 valence electrons. The third-order valence-corrected chi connectivity index (χ3v) is 3.89. The minimum atomic E-state index is 1.04. The largest absolute Gasteiger partial charge is 0.297 e. The second-order valence-electron chi connectivity index (χ2n) is 4.36. The zero-order valence-corrected chi connectivity index (χ0v) is 11.5. The summed E-state index contributed by atoms with van der Waals surface area (Å²) in [6.45, 7) is 2.06. The summed E-state index contributed by atoms with van der Waals surface area (Å²) >= 11 is 1.73. The van der Waals surface area contributed by atoms with Crippen molar-refractivity contribution < 1.29 is 0 Å². The number of aromatic nitrogens is 1. The van der Waals surface area contributed by atoms with E-state index in [0.29, 0.717) is 0 Å². The van der Waals surface area contributed by atoms with Gasteiger partial charge < -0.3 is 0 Å². The van der Waals surface area contributed by atoms with E-state index in [9.17, 15) is 0 Å². The summed E-state index contributed by atoms with van der Waals surface area (Å²) in [6.07, 6.45) is 0. The molecule has 0 atom stereocenters. The van der Waals surface area contributed by atoms with Crippen LogP contribution in [0.25, 0.3) is 21.7 Å². The summed E-state index contributed by atoms with van der Waals surface area (Å²) in [5.74, 6) is 0. The predicted octanol–water partition coefficient (Wildman–Crippen LogP) is 5.07. The second-order valence-corrected chi connectivity index (χ2v) is 5.59. The molecule has 0 unspecified atom stereocenters. The molecule has 0 amide bonds. The van der Waals surface area contributed by atoms with Gasteiger partial charge in [0.15, 0.2) is 0 Å². The lowest BCUT2D eigenvalue weighted by Crippen LogP contribution is -1.86. The molecule has 3 rings (SSSR count). The number of nitrogens with zero attached hydrogens (tertiary/aromatic N) is 1. The molecule has 0 radical (unpaired) electrons. The summed E-state index contributed by atoms with van der Waals surface area (Å²) in [6, 6.07) is 22.9. The van der Waals surface area contributed by atoms with E-state index in [1.807, 2.05) is 24.3 Å². The maximum atomic E-state index is 4.65. The molecule has 1 heterocycles. The average Bonchev–Trinajstić information content (AvgIpc) is 2.48. The Balaban J connectivity index is 2.12. The van der Waals surface area contributed by atoms with Crippen molar-refractivity contribution in [3.05, 3.63) is 71.7 Å². The van der Waals surface area contributed by atoms with Gasteiger partial charge in [-0.3, -0.25) is 0 Å². The van der Waals surface area contributed by atoms with Gasteiger partial charge in [0.2, 0.25) is 16.2 Å². The lowest BCUT2D eigenvalue weighted by molar-refractivity contribution is 1.27. The number of rotatable bonds is 2. The average molecular weight is 264 g/mol. The van der Waals surface area contributed by atoms with Crippen LogP contribution < -0.4 is 0 Å². The SMILES string of the molecule is Cc1nc(-c2ccccc2)cc(-c2ccccc2)[s+]1. The first-order chi connectivity index (χ1) is 9.33. The van der Waals surface area contributed by atoms with Crippen LogP contribution in [0.2, 0.25) is 0 Å². The minimum Gasteiger partial charge on any atom is -0.197 e. The quantitative estimate of drug-likeness (QED) is 0.589. The van der Waals surface area contributed by atoms with Gasteiger partial charge in [-0.1, -0.05) is 48.5 Å². The van der Waals surface area contributed by atoms with E-state index >= 15 is 0 Å². The van der Waals surface area contributed by atoms with Crippen molar-refractivity contribution in [3.8, 4) is 21.7 Å². The van der Waals surface area contributed by atoms with Crippen LogP contribution in [-0.4, -0.2) is 4.98 Å². The molecule has 0 aliphatic heterocycles. The Bertz CT molecular complexity index is 620. The van der Waals surface area contributed by atoms with Gasteiger partial charge in [-0.2, -0.15) is 4.98 Å². The van der Waals surface area contributed by atoms with Gasteiger partial charge in [0.05, 0.1) is 5.69 Å². The van der Waals surface area contributed by atoms with Crippen molar-refractivity contribution in [2.75, 3.05) is 0 Å². The molecule has 0 N–H and O–H groups in total. The van der Waals surface area contributed by atoms with E-state index in [-0.39, 0.29) is 0 Å². The van der Waals surface area contributed by atoms with Gasteiger partial charge in [0, 0.05) is 24.1 Å². The minimum absolute atomic E-state index is 1.04. The number of hydrogen-bond acceptors (Lipinski definition) is 1. The van der Waals surface area contributed by atoms with Gasteiger partial charge in [-0.05, 0) is 12.1 Å². The van der Waals surface area contributed by atoms with E-state index < -0.39 is 0 Å². The van der Waals surface area contributed by atoms with E-state index in [1.165, 1.54) is 10.4 Å². The molecule has 2 aromatic carbocycles. The van der Waals surface area contributed by atoms with Gasteiger partial charge in [0.1, 0.15) is 0 Å². The van der Waals surface area contributed by atoms with Crippen molar-refractivity contribution in [3.63, 3.8) is 0 Å². The topological polar surface area (TPSA) is 12.9 Å². The highest BCUT2D eigenvalue weighted by Crippen LogP contribution is 2.29. The van der Waals surface area contributed by atoms with Crippen LogP contribution in [-0.2, 0) is 0 Å². The Labute approximate surface area is 117 Å². The first kappa shape index (κ1) is 12.0. The van der Waals surface area contributed by atoms with Crippen molar-refractivity contribution in [2.45, 2.75) is 6.92 Å². The van der Waals surface area contributed by atoms with Crippen molar-refractivity contribution in [1.82, 2.24) is 4.98 Å². The van der Waals surface area contributed by atoms with Crippen LogP contribution in [0, 0.1) is 6.92 Å². The molecule has 1 nitrogen and oxygen atoms in total. The number of hydrogen-bond donors (Lipinski definition) is 0. The molecule has 0 bridgehead atoms. The maximum Gasteiger partial charge on any atom is 0.297 e. The highest BCUT2D eigenvalue weighted by molar-refractivity contribution is 7.14. The Morgan fingerprint density at radius 1 is 0.789 bits per heavy atom. The lowest BCUT2D eigenvalue weighted by Gasteiger charge is -1.99. The molecule has 19 heavy (non-hydrogen) atoms. The smallest absolute Gasteiger partial charge is 0.197 e. The fourth-order valence-electron chi connectivity index (χ4n) is 2.04. The normalized spacial score (nSPS) is 10.4. The van der Waals surface area contributed by atoms with Crippen molar-refractivity contribution in [2.24, 2.45) is 0 Å². The standard InChI is InChI=1S/C17H14NS/c1-13-18-16(14-8-4-2-5-9-14)12-17(19-13)15-10-6-3-7-11-15/h2-12H,1H3/q+1. The van der Waals surface area contributed by atoms with E-state index in [0.717, 1.165) is 16.3 Å². The van der Waals surface area contributed by atoms with Crippen molar-refractivity contribution in [1.29, 1.82) is 0 Å². The van der Waals surface area contributed by atoms with Crippen LogP contribution >= 0.6 is 11.3 Å². The molecule has 0 aliphatic rings. The van der Waals surface area contributed by atoms with Gasteiger partial charge in [-0.25, -0.2) is 0 Å². The predicted molar refractivity (Wildman–Crippen MR) is 82.1 cm³/mol. The molecule has 2 heteroatoms. The summed E-state index contributed by atoms with van der Waals surface area (Å²) in [4.78, 5) is 5.90. The Morgan fingerprint density at radius 3 is 2.00 bits per heavy atom. The zero-order chi connectivity index (χ0) is 13.1. The highest BCUT2D eigenvalue weighted by atomic mass is 32.1. The first-order valence-corrected chi connectivity index (χ1v) is 7.07. The molecule has 0 aliphatic carbocycles. The first-order valence-electron chi connectivity index (χ1n) is 6.25. The summed E-state index contributed by atoms with van der Waals surface area (Å²) in [5.41, 5.74) is 3.45. The summed E-state index contributed by atoms with van der Waals surface area (Å²) < 4.78 is 0. The maximum absolute atomic E-state index is 4.65. The van der Waals surface area contributed by atoms with Crippen LogP contribution in [0.3, 0.4) is 0 Å². The zero-order valence-electron chi connectivity index (χ0n) is 10.7. The number of benzene rings is 2. The van der Waals surface area contributed by atoms with Gasteiger partial charge in [0.25, 0.3) is 5.01 Å². The Hall–Kier alpha value is -2.06. The molecular formula is C17H14NS+. The van der Waals surface area contributed by atoms with Crippen LogP contribution in [0.5, 0.6) is 0 Å². The second kappa shape index (κ2) is 5.29. The number of aryl methyl sites for hydroxylation is 1. The fourth-order valence-corrected chi connectivity index (χ4v) is 2.93. The monoisotopic (exact) mass is 264 g/mol. The van der Waals surface area contributed by atoms with Gasteiger partial charge >= 0.3 is 0 Å². The van der Waals surface area contributed by atoms with Crippen molar-refractivity contribution >= 4 is 11.3 Å². The summed E-state index contributed by atoms with van der Waals surface area (Å²) in [5, 5.41) is 1.08. The molecule has 0 fully saturated rings. The van der Waals surface area contributed by atoms with E-state index in [4.69, 9.17) is 0 Å². The molecule has 1 aromatic heterocycles.